The van der Waals surface area contributed by atoms with Gasteiger partial charge in [-0.1, -0.05) is 0 Å². The van der Waals surface area contributed by atoms with Crippen LogP contribution >= 0.6 is 0 Å². The lowest BCUT2D eigenvalue weighted by Gasteiger charge is -1.99. The molecule has 0 spiro atoms. The van der Waals surface area contributed by atoms with Crippen molar-refractivity contribution in [3.8, 4) is 0 Å². The fourth-order valence-electron chi connectivity index (χ4n) is 0.236. The lowest BCUT2D eigenvalue weighted by molar-refractivity contribution is -0.325. The molecule has 8 heteroatoms. The van der Waals surface area contributed by atoms with Gasteiger partial charge in [0.15, 0.2) is 0 Å². The molecule has 8 nitrogen and oxygen atoms in total. The molecule has 14 heavy (non-hydrogen) atoms. The molecular formula is C6H4O8-4. The van der Waals surface area contributed by atoms with E-state index in [1.54, 1.807) is 0 Å². The average molecular weight is 204 g/mol. The minimum atomic E-state index is -1.63. The van der Waals surface area contributed by atoms with Gasteiger partial charge in [0, 0.05) is 36.7 Å². The Bertz CT molecular complexity index is 192. The molecule has 0 aliphatic carbocycles. The molecule has 0 aromatic carbocycles. The van der Waals surface area contributed by atoms with Crippen molar-refractivity contribution in [1.29, 1.82) is 0 Å². The maximum atomic E-state index is 9.28. The highest BCUT2D eigenvalue weighted by molar-refractivity contribution is 5.86. The van der Waals surface area contributed by atoms with Gasteiger partial charge in [-0.2, -0.15) is 0 Å². The van der Waals surface area contributed by atoms with E-state index in [2.05, 4.69) is 0 Å². The van der Waals surface area contributed by atoms with Crippen molar-refractivity contribution in [3.63, 3.8) is 0 Å². The number of carboxylic acid groups (broad SMARTS) is 4. The number of carboxylic acids is 4. The molecule has 0 aromatic rings. The van der Waals surface area contributed by atoms with Crippen LogP contribution in [0.5, 0.6) is 0 Å². The number of rotatable bonds is 4. The quantitative estimate of drug-likeness (QED) is 0.408. The van der Waals surface area contributed by atoms with Crippen LogP contribution in [0, 0.1) is 0 Å². The average Bonchev–Trinajstić information content (AvgIpc) is 1.79. The van der Waals surface area contributed by atoms with Gasteiger partial charge in [0.1, 0.15) is 0 Å². The molecule has 0 aliphatic rings. The Hall–Kier alpha value is -2.12. The van der Waals surface area contributed by atoms with Gasteiger partial charge in [0.2, 0.25) is 0 Å². The van der Waals surface area contributed by atoms with E-state index in [1.165, 1.54) is 0 Å². The highest BCUT2D eigenvalue weighted by Crippen LogP contribution is 1.66. The van der Waals surface area contributed by atoms with Crippen molar-refractivity contribution in [2.45, 2.75) is 12.8 Å². The van der Waals surface area contributed by atoms with E-state index >= 15 is 0 Å². The second-order valence-corrected chi connectivity index (χ2v) is 1.84. The van der Waals surface area contributed by atoms with E-state index in [4.69, 9.17) is 0 Å². The number of carbonyl (C=O) groups excluding carboxylic acids is 4. The lowest BCUT2D eigenvalue weighted by atomic mass is 10.5. The zero-order valence-electron chi connectivity index (χ0n) is 6.68. The Morgan fingerprint density at radius 2 is 0.714 bits per heavy atom. The van der Waals surface area contributed by atoms with Crippen LogP contribution in [0.3, 0.4) is 0 Å². The summed E-state index contributed by atoms with van der Waals surface area (Å²) in [6.07, 6.45) is -2.06. The largest absolute Gasteiger partial charge is 0.550 e. The maximum Gasteiger partial charge on any atom is 0.0470 e. The van der Waals surface area contributed by atoms with Crippen molar-refractivity contribution in [3.05, 3.63) is 0 Å². The second kappa shape index (κ2) is 7.53. The van der Waals surface area contributed by atoms with Crippen LogP contribution in [0.15, 0.2) is 0 Å². The van der Waals surface area contributed by atoms with Gasteiger partial charge in [-0.05, 0) is 0 Å². The zero-order valence-corrected chi connectivity index (χ0v) is 6.68. The lowest BCUT2D eigenvalue weighted by Crippen LogP contribution is -2.32. The van der Waals surface area contributed by atoms with Gasteiger partial charge in [-0.25, -0.2) is 0 Å². The van der Waals surface area contributed by atoms with E-state index in [9.17, 15) is 39.6 Å². The van der Waals surface area contributed by atoms with Crippen LogP contribution in [-0.2, 0) is 19.2 Å². The summed E-state index contributed by atoms with van der Waals surface area (Å²) >= 11 is 0. The first kappa shape index (κ1) is 14.4. The molecule has 0 amide bonds. The molecule has 0 atom stereocenters. The highest BCUT2D eigenvalue weighted by Gasteiger charge is 1.82. The van der Waals surface area contributed by atoms with Crippen molar-refractivity contribution in [1.82, 2.24) is 0 Å². The van der Waals surface area contributed by atoms with E-state index in [0.717, 1.165) is 0 Å². The van der Waals surface area contributed by atoms with Gasteiger partial charge in [-0.3, -0.25) is 0 Å². The zero-order chi connectivity index (χ0) is 11.7. The summed E-state index contributed by atoms with van der Waals surface area (Å²) in [4.78, 5) is 37.1. The third-order valence-corrected chi connectivity index (χ3v) is 0.577. The molecule has 0 unspecified atom stereocenters. The Labute approximate surface area is 77.4 Å². The Morgan fingerprint density at radius 1 is 0.571 bits per heavy atom. The van der Waals surface area contributed by atoms with Crippen LogP contribution in [0.1, 0.15) is 12.8 Å². The van der Waals surface area contributed by atoms with Crippen molar-refractivity contribution in [2.75, 3.05) is 0 Å². The summed E-state index contributed by atoms with van der Waals surface area (Å²) in [7, 11) is 0. The smallest absolute Gasteiger partial charge is 0.0470 e. The van der Waals surface area contributed by atoms with Crippen molar-refractivity contribution < 1.29 is 39.6 Å². The molecule has 0 aromatic heterocycles. The minimum Gasteiger partial charge on any atom is -0.550 e. The van der Waals surface area contributed by atoms with Gasteiger partial charge < -0.3 is 39.6 Å². The molecule has 0 saturated heterocycles. The van der Waals surface area contributed by atoms with Gasteiger partial charge in [0.05, 0.1) is 0 Å². The van der Waals surface area contributed by atoms with E-state index in [0.29, 0.717) is 0 Å². The first-order valence-corrected chi connectivity index (χ1v) is 3.05. The normalized spacial score (nSPS) is 8.00. The topological polar surface area (TPSA) is 161 Å². The molecule has 80 valence electrons. The van der Waals surface area contributed by atoms with E-state index in [1.807, 2.05) is 0 Å². The summed E-state index contributed by atoms with van der Waals surface area (Å²) in [5.74, 6) is -6.50. The molecule has 0 fully saturated rings. The summed E-state index contributed by atoms with van der Waals surface area (Å²) in [6, 6.07) is 0. The molecule has 0 saturated carbocycles. The third-order valence-electron chi connectivity index (χ3n) is 0.577. The maximum absolute atomic E-state index is 9.28. The monoisotopic (exact) mass is 204 g/mol. The SMILES string of the molecule is O=C([O-])CC(=O)[O-].O=C([O-])CC(=O)[O-]. The van der Waals surface area contributed by atoms with Crippen molar-refractivity contribution in [2.24, 2.45) is 0 Å². The Balaban J connectivity index is 0. The van der Waals surface area contributed by atoms with Crippen LogP contribution in [0.25, 0.3) is 0 Å². The van der Waals surface area contributed by atoms with Gasteiger partial charge in [-0.15, -0.1) is 0 Å². The highest BCUT2D eigenvalue weighted by atomic mass is 16.4. The van der Waals surface area contributed by atoms with Gasteiger partial charge in [0.25, 0.3) is 0 Å². The van der Waals surface area contributed by atoms with Crippen molar-refractivity contribution >= 4 is 23.9 Å². The number of aliphatic carboxylic acids is 4. The minimum absolute atomic E-state index is 1.03. The van der Waals surface area contributed by atoms with Crippen LogP contribution in [-0.4, -0.2) is 23.9 Å². The van der Waals surface area contributed by atoms with E-state index in [-0.39, 0.29) is 0 Å². The van der Waals surface area contributed by atoms with Crippen LogP contribution in [0.2, 0.25) is 0 Å². The summed E-state index contributed by atoms with van der Waals surface area (Å²) in [5.41, 5.74) is 0. The number of carbonyl (C=O) groups is 4. The molecule has 0 aliphatic heterocycles. The second-order valence-electron chi connectivity index (χ2n) is 1.84. The third kappa shape index (κ3) is 22.5. The standard InChI is InChI=1S/2C3H4O4/c2*4-2(5)1-3(6)7/h2*1H2,(H,4,5)(H,6,7)/p-4. The first-order chi connectivity index (χ1) is 6.25. The molecular weight excluding hydrogens is 200 g/mol. The predicted octanol–water partition coefficient (Wildman–Crippen LogP) is -6.25. The molecule has 0 rings (SSSR count). The van der Waals surface area contributed by atoms with Crippen LogP contribution in [0.4, 0.5) is 0 Å². The Kier molecular flexibility index (Phi) is 7.74. The number of hydrogen-bond donors (Lipinski definition) is 0. The summed E-state index contributed by atoms with van der Waals surface area (Å²) in [6.45, 7) is 0. The predicted molar refractivity (Wildman–Crippen MR) is 29.3 cm³/mol. The Morgan fingerprint density at radius 3 is 0.714 bits per heavy atom. The summed E-state index contributed by atoms with van der Waals surface area (Å²) in [5, 5.41) is 37.1. The fraction of sp³-hybridized carbons (Fsp3) is 0.333. The molecule has 0 N–H and O–H groups in total. The first-order valence-electron chi connectivity index (χ1n) is 3.05. The molecule has 0 radical (unpaired) electrons. The molecule has 0 bridgehead atoms. The van der Waals surface area contributed by atoms with Crippen LogP contribution < -0.4 is 20.4 Å². The van der Waals surface area contributed by atoms with E-state index < -0.39 is 36.7 Å². The number of hydrogen-bond acceptors (Lipinski definition) is 8. The van der Waals surface area contributed by atoms with Gasteiger partial charge >= 0.3 is 0 Å². The molecule has 0 heterocycles. The fourth-order valence-corrected chi connectivity index (χ4v) is 0.236. The summed E-state index contributed by atoms with van der Waals surface area (Å²) < 4.78 is 0.